The zero-order valence-electron chi connectivity index (χ0n) is 11.7. The lowest BCUT2D eigenvalue weighted by molar-refractivity contribution is -0.139. The molecule has 0 aromatic heterocycles. The Labute approximate surface area is 124 Å². The SMILES string of the molecule is C#CCN(CC1CC1)C(=O)N[C@@H](C(=O)O)c1ccccc1. The van der Waals surface area contributed by atoms with E-state index in [-0.39, 0.29) is 6.54 Å². The number of carbonyl (C=O) groups excluding carboxylic acids is 1. The maximum atomic E-state index is 12.2. The largest absolute Gasteiger partial charge is 0.479 e. The van der Waals surface area contributed by atoms with Crippen LogP contribution in [0.25, 0.3) is 0 Å². The molecule has 0 saturated heterocycles. The molecule has 0 bridgehead atoms. The molecule has 2 rings (SSSR count). The number of nitrogens with zero attached hydrogens (tertiary/aromatic N) is 1. The molecule has 2 amide bonds. The molecule has 1 aromatic carbocycles. The minimum absolute atomic E-state index is 0.184. The molecule has 0 unspecified atom stereocenters. The van der Waals surface area contributed by atoms with Crippen molar-refractivity contribution in [1.82, 2.24) is 10.2 Å². The third-order valence-electron chi connectivity index (χ3n) is 3.39. The fraction of sp³-hybridized carbons (Fsp3) is 0.375. The predicted octanol–water partition coefficient (Wildman–Crippen LogP) is 1.87. The molecule has 1 aliphatic carbocycles. The molecule has 0 aliphatic heterocycles. The van der Waals surface area contributed by atoms with Crippen molar-refractivity contribution in [3.8, 4) is 12.3 Å². The van der Waals surface area contributed by atoms with Gasteiger partial charge in [-0.25, -0.2) is 9.59 Å². The maximum absolute atomic E-state index is 12.2. The molecule has 1 atom stereocenters. The summed E-state index contributed by atoms with van der Waals surface area (Å²) < 4.78 is 0. The van der Waals surface area contributed by atoms with E-state index in [0.29, 0.717) is 18.0 Å². The van der Waals surface area contributed by atoms with E-state index in [9.17, 15) is 14.7 Å². The number of rotatable bonds is 6. The highest BCUT2D eigenvalue weighted by Crippen LogP contribution is 2.29. The van der Waals surface area contributed by atoms with Crippen molar-refractivity contribution in [3.05, 3.63) is 35.9 Å². The zero-order chi connectivity index (χ0) is 15.2. The number of amides is 2. The molecule has 1 saturated carbocycles. The molecular weight excluding hydrogens is 268 g/mol. The summed E-state index contributed by atoms with van der Waals surface area (Å²) in [5.74, 6) is 1.84. The number of carboxylic acid groups (broad SMARTS) is 1. The van der Waals surface area contributed by atoms with Crippen molar-refractivity contribution in [2.45, 2.75) is 18.9 Å². The molecule has 1 fully saturated rings. The Morgan fingerprint density at radius 2 is 2.05 bits per heavy atom. The van der Waals surface area contributed by atoms with Crippen LogP contribution in [0.1, 0.15) is 24.4 Å². The molecule has 5 heteroatoms. The second-order valence-corrected chi connectivity index (χ2v) is 5.16. The first-order valence-electron chi connectivity index (χ1n) is 6.88. The average Bonchev–Trinajstić information content (AvgIpc) is 3.28. The van der Waals surface area contributed by atoms with Gasteiger partial charge < -0.3 is 15.3 Å². The van der Waals surface area contributed by atoms with Crippen molar-refractivity contribution in [1.29, 1.82) is 0 Å². The number of benzene rings is 1. The van der Waals surface area contributed by atoms with Crippen LogP contribution in [0, 0.1) is 18.3 Å². The standard InChI is InChI=1S/C16H18N2O3/c1-2-10-18(11-12-8-9-12)16(21)17-14(15(19)20)13-6-4-3-5-7-13/h1,3-7,12,14H,8-11H2,(H,17,21)(H,19,20)/t14-/m1/s1. The summed E-state index contributed by atoms with van der Waals surface area (Å²) in [6.45, 7) is 0.765. The van der Waals surface area contributed by atoms with Gasteiger partial charge in [0, 0.05) is 6.54 Å². The number of aliphatic carboxylic acids is 1. The molecule has 2 N–H and O–H groups in total. The smallest absolute Gasteiger partial charge is 0.330 e. The number of hydrogen-bond acceptors (Lipinski definition) is 2. The monoisotopic (exact) mass is 286 g/mol. The minimum atomic E-state index is -1.10. The molecule has 1 aliphatic rings. The lowest BCUT2D eigenvalue weighted by atomic mass is 10.1. The Bertz CT molecular complexity index is 546. The average molecular weight is 286 g/mol. The summed E-state index contributed by atoms with van der Waals surface area (Å²) in [6, 6.07) is 7.11. The van der Waals surface area contributed by atoms with Crippen LogP contribution in [0.15, 0.2) is 30.3 Å². The third-order valence-corrected chi connectivity index (χ3v) is 3.39. The van der Waals surface area contributed by atoms with Crippen LogP contribution in [0.2, 0.25) is 0 Å². The molecule has 0 heterocycles. The Morgan fingerprint density at radius 1 is 1.38 bits per heavy atom. The number of hydrogen-bond donors (Lipinski definition) is 2. The summed E-state index contributed by atoms with van der Waals surface area (Å²) in [4.78, 5) is 25.1. The number of urea groups is 1. The topological polar surface area (TPSA) is 69.6 Å². The highest BCUT2D eigenvalue weighted by molar-refractivity contribution is 5.83. The fourth-order valence-electron chi connectivity index (χ4n) is 2.09. The van der Waals surface area contributed by atoms with Crippen molar-refractivity contribution >= 4 is 12.0 Å². The highest BCUT2D eigenvalue weighted by atomic mass is 16.4. The summed E-state index contributed by atoms with van der Waals surface area (Å²) in [7, 11) is 0. The van der Waals surface area contributed by atoms with E-state index >= 15 is 0 Å². The van der Waals surface area contributed by atoms with E-state index in [2.05, 4.69) is 11.2 Å². The number of carboxylic acids is 1. The number of nitrogens with one attached hydrogen (secondary N) is 1. The van der Waals surface area contributed by atoms with Crippen LogP contribution in [0.4, 0.5) is 4.79 Å². The van der Waals surface area contributed by atoms with Gasteiger partial charge in [-0.05, 0) is 24.3 Å². The first-order valence-corrected chi connectivity index (χ1v) is 6.88. The normalized spacial score (nSPS) is 14.8. The molecule has 110 valence electrons. The highest BCUT2D eigenvalue weighted by Gasteiger charge is 2.29. The Kier molecular flexibility index (Phi) is 4.83. The summed E-state index contributed by atoms with van der Waals surface area (Å²) in [6.07, 6.45) is 7.46. The second-order valence-electron chi connectivity index (χ2n) is 5.16. The molecule has 1 aromatic rings. The van der Waals surface area contributed by atoms with Crippen molar-refractivity contribution < 1.29 is 14.7 Å². The van der Waals surface area contributed by atoms with Crippen LogP contribution < -0.4 is 5.32 Å². The molecule has 5 nitrogen and oxygen atoms in total. The summed E-state index contributed by atoms with van der Waals surface area (Å²) in [5, 5.41) is 11.9. The lowest BCUT2D eigenvalue weighted by Crippen LogP contribution is -2.44. The fourth-order valence-corrected chi connectivity index (χ4v) is 2.09. The third kappa shape index (κ3) is 4.25. The van der Waals surface area contributed by atoms with Gasteiger partial charge in [-0.3, -0.25) is 0 Å². The van der Waals surface area contributed by atoms with E-state index < -0.39 is 18.0 Å². The first-order chi connectivity index (χ1) is 10.1. The van der Waals surface area contributed by atoms with Gasteiger partial charge in [-0.15, -0.1) is 6.42 Å². The molecule has 0 radical (unpaired) electrons. The van der Waals surface area contributed by atoms with Crippen molar-refractivity contribution in [2.75, 3.05) is 13.1 Å². The van der Waals surface area contributed by atoms with Gasteiger partial charge in [-0.1, -0.05) is 36.3 Å². The summed E-state index contributed by atoms with van der Waals surface area (Å²) in [5.41, 5.74) is 0.533. The van der Waals surface area contributed by atoms with E-state index in [0.717, 1.165) is 12.8 Å². The molecule has 21 heavy (non-hydrogen) atoms. The van der Waals surface area contributed by atoms with Crippen molar-refractivity contribution in [2.24, 2.45) is 5.92 Å². The van der Waals surface area contributed by atoms with Crippen molar-refractivity contribution in [3.63, 3.8) is 0 Å². The van der Waals surface area contributed by atoms with E-state index in [1.807, 2.05) is 0 Å². The van der Waals surface area contributed by atoms with Crippen LogP contribution in [-0.4, -0.2) is 35.1 Å². The van der Waals surface area contributed by atoms with Crippen LogP contribution >= 0.6 is 0 Å². The maximum Gasteiger partial charge on any atom is 0.330 e. The van der Waals surface area contributed by atoms with Crippen LogP contribution in [-0.2, 0) is 4.79 Å². The van der Waals surface area contributed by atoms with Crippen LogP contribution in [0.3, 0.4) is 0 Å². The van der Waals surface area contributed by atoms with Gasteiger partial charge in [0.05, 0.1) is 6.54 Å². The minimum Gasteiger partial charge on any atom is -0.479 e. The van der Waals surface area contributed by atoms with Gasteiger partial charge in [0.1, 0.15) is 0 Å². The van der Waals surface area contributed by atoms with Gasteiger partial charge in [0.15, 0.2) is 6.04 Å². The van der Waals surface area contributed by atoms with E-state index in [1.165, 1.54) is 4.90 Å². The van der Waals surface area contributed by atoms with Gasteiger partial charge in [0.2, 0.25) is 0 Å². The zero-order valence-corrected chi connectivity index (χ0v) is 11.7. The lowest BCUT2D eigenvalue weighted by Gasteiger charge is -2.23. The van der Waals surface area contributed by atoms with E-state index in [4.69, 9.17) is 6.42 Å². The number of terminal acetylenes is 1. The summed E-state index contributed by atoms with van der Waals surface area (Å²) >= 11 is 0. The molecular formula is C16H18N2O3. The Morgan fingerprint density at radius 3 is 2.57 bits per heavy atom. The van der Waals surface area contributed by atoms with Crippen LogP contribution in [0.5, 0.6) is 0 Å². The predicted molar refractivity (Wildman–Crippen MR) is 78.5 cm³/mol. The Hall–Kier alpha value is -2.48. The quantitative estimate of drug-likeness (QED) is 0.784. The first kappa shape index (κ1) is 14.9. The van der Waals surface area contributed by atoms with E-state index in [1.54, 1.807) is 30.3 Å². The molecule has 0 spiro atoms. The Balaban J connectivity index is 2.06. The van der Waals surface area contributed by atoms with Gasteiger partial charge in [-0.2, -0.15) is 0 Å². The number of carbonyl (C=O) groups is 2. The second kappa shape index (κ2) is 6.80. The van der Waals surface area contributed by atoms with Gasteiger partial charge >= 0.3 is 12.0 Å². The van der Waals surface area contributed by atoms with Gasteiger partial charge in [0.25, 0.3) is 0 Å².